The Morgan fingerprint density at radius 1 is 1.52 bits per heavy atom. The van der Waals surface area contributed by atoms with E-state index in [-0.39, 0.29) is 16.7 Å². The number of ether oxygens (including phenoxy) is 1. The van der Waals surface area contributed by atoms with Crippen molar-refractivity contribution in [2.75, 3.05) is 13.7 Å². The van der Waals surface area contributed by atoms with Crippen LogP contribution < -0.4 is 10.5 Å². The molecule has 2 rings (SSSR count). The van der Waals surface area contributed by atoms with Crippen LogP contribution in [0.2, 0.25) is 0 Å². The molecule has 0 saturated carbocycles. The van der Waals surface area contributed by atoms with Crippen molar-refractivity contribution >= 4 is 5.69 Å². The van der Waals surface area contributed by atoms with Crippen LogP contribution in [0.3, 0.4) is 0 Å². The average molecular weight is 293 g/mol. The lowest BCUT2D eigenvalue weighted by atomic mass is 9.96. The van der Waals surface area contributed by atoms with Gasteiger partial charge in [0.1, 0.15) is 5.75 Å². The number of hydrogen-bond acceptors (Lipinski definition) is 5. The topological polar surface area (TPSA) is 81.6 Å². The van der Waals surface area contributed by atoms with Crippen LogP contribution in [0.25, 0.3) is 0 Å². The number of methoxy groups -OCH3 is 1. The molecular formula is C15H23N3O3. The molecule has 0 radical (unpaired) electrons. The van der Waals surface area contributed by atoms with Crippen LogP contribution in [0.15, 0.2) is 18.2 Å². The van der Waals surface area contributed by atoms with E-state index in [0.29, 0.717) is 18.3 Å². The molecule has 0 amide bonds. The predicted octanol–water partition coefficient (Wildman–Crippen LogP) is 2.31. The molecule has 116 valence electrons. The minimum Gasteiger partial charge on any atom is -0.496 e. The third kappa shape index (κ3) is 3.71. The van der Waals surface area contributed by atoms with Crippen molar-refractivity contribution in [3.05, 3.63) is 33.9 Å². The summed E-state index contributed by atoms with van der Waals surface area (Å²) in [6.45, 7) is 3.63. The molecule has 1 heterocycles. The number of benzene rings is 1. The van der Waals surface area contributed by atoms with E-state index in [1.54, 1.807) is 19.2 Å². The molecule has 1 saturated heterocycles. The number of piperidine rings is 1. The summed E-state index contributed by atoms with van der Waals surface area (Å²) in [5, 5.41) is 10.9. The molecular weight excluding hydrogens is 270 g/mol. The lowest BCUT2D eigenvalue weighted by Gasteiger charge is -2.38. The Bertz CT molecular complexity index is 505. The molecule has 1 aromatic rings. The lowest BCUT2D eigenvalue weighted by molar-refractivity contribution is -0.385. The molecule has 1 aliphatic heterocycles. The molecule has 2 N–H and O–H groups in total. The fraction of sp³-hybridized carbons (Fsp3) is 0.600. The summed E-state index contributed by atoms with van der Waals surface area (Å²) in [5.41, 5.74) is 7.02. The molecule has 6 nitrogen and oxygen atoms in total. The summed E-state index contributed by atoms with van der Waals surface area (Å²) in [7, 11) is 1.59. The smallest absolute Gasteiger partial charge is 0.270 e. The van der Waals surface area contributed by atoms with E-state index in [1.165, 1.54) is 12.5 Å². The van der Waals surface area contributed by atoms with E-state index in [4.69, 9.17) is 10.5 Å². The standard InChI is InChI=1S/C15H23N3O3/c1-11(16)14-5-3-4-8-17(14)10-12-9-13(18(19)20)6-7-15(12)21-2/h6-7,9,11,14H,3-5,8,10,16H2,1-2H3. The lowest BCUT2D eigenvalue weighted by Crippen LogP contribution is -2.48. The number of nitrogens with two attached hydrogens (primary N) is 1. The molecule has 2 atom stereocenters. The number of nitro benzene ring substituents is 1. The van der Waals surface area contributed by atoms with Gasteiger partial charge in [-0.05, 0) is 32.4 Å². The first-order valence-electron chi connectivity index (χ1n) is 7.34. The minimum atomic E-state index is -0.373. The second-order valence-corrected chi connectivity index (χ2v) is 5.65. The minimum absolute atomic E-state index is 0.0926. The number of nitrogens with zero attached hydrogens (tertiary/aromatic N) is 2. The van der Waals surface area contributed by atoms with Crippen molar-refractivity contribution in [2.24, 2.45) is 5.73 Å². The summed E-state index contributed by atoms with van der Waals surface area (Å²) in [6.07, 6.45) is 3.41. The number of nitro groups is 1. The SMILES string of the molecule is COc1ccc([N+](=O)[O-])cc1CN1CCCCC1C(C)N. The second kappa shape index (κ2) is 6.87. The fourth-order valence-electron chi connectivity index (χ4n) is 3.03. The molecule has 1 fully saturated rings. The van der Waals surface area contributed by atoms with Crippen molar-refractivity contribution in [1.29, 1.82) is 0 Å². The third-order valence-electron chi connectivity index (χ3n) is 4.12. The van der Waals surface area contributed by atoms with E-state index in [1.807, 2.05) is 6.92 Å². The molecule has 6 heteroatoms. The van der Waals surface area contributed by atoms with Crippen LogP contribution in [0.1, 0.15) is 31.7 Å². The molecule has 21 heavy (non-hydrogen) atoms. The maximum atomic E-state index is 10.9. The number of likely N-dealkylation sites (tertiary alicyclic amines) is 1. The molecule has 1 aromatic carbocycles. The van der Waals surface area contributed by atoms with E-state index >= 15 is 0 Å². The van der Waals surface area contributed by atoms with Crippen molar-refractivity contribution in [3.8, 4) is 5.75 Å². The average Bonchev–Trinajstić information content (AvgIpc) is 2.47. The largest absolute Gasteiger partial charge is 0.496 e. The van der Waals surface area contributed by atoms with Gasteiger partial charge in [-0.25, -0.2) is 0 Å². The van der Waals surface area contributed by atoms with Gasteiger partial charge >= 0.3 is 0 Å². The van der Waals surface area contributed by atoms with Crippen LogP contribution in [0.4, 0.5) is 5.69 Å². The van der Waals surface area contributed by atoms with Crippen LogP contribution in [0.5, 0.6) is 5.75 Å². The molecule has 0 spiro atoms. The van der Waals surface area contributed by atoms with Crippen molar-refractivity contribution < 1.29 is 9.66 Å². The number of non-ortho nitro benzene ring substituents is 1. The first kappa shape index (κ1) is 15.7. The summed E-state index contributed by atoms with van der Waals surface area (Å²) in [6, 6.07) is 5.16. The molecule has 1 aliphatic rings. The van der Waals surface area contributed by atoms with Crippen LogP contribution in [-0.2, 0) is 6.54 Å². The number of rotatable bonds is 5. The summed E-state index contributed by atoms with van der Waals surface area (Å²) < 4.78 is 5.34. The van der Waals surface area contributed by atoms with Crippen LogP contribution in [0, 0.1) is 10.1 Å². The molecule has 0 bridgehead atoms. The zero-order valence-electron chi connectivity index (χ0n) is 12.6. The Kier molecular flexibility index (Phi) is 5.14. The highest BCUT2D eigenvalue weighted by molar-refractivity contribution is 5.43. The van der Waals surface area contributed by atoms with E-state index < -0.39 is 0 Å². The summed E-state index contributed by atoms with van der Waals surface area (Å²) in [4.78, 5) is 12.9. The predicted molar refractivity (Wildman–Crippen MR) is 81.3 cm³/mol. The maximum Gasteiger partial charge on any atom is 0.270 e. The van der Waals surface area contributed by atoms with Gasteiger partial charge < -0.3 is 10.5 Å². The van der Waals surface area contributed by atoms with Gasteiger partial charge in [0, 0.05) is 36.3 Å². The quantitative estimate of drug-likeness (QED) is 0.665. The maximum absolute atomic E-state index is 10.9. The fourth-order valence-corrected chi connectivity index (χ4v) is 3.03. The van der Waals surface area contributed by atoms with E-state index in [0.717, 1.165) is 24.9 Å². The monoisotopic (exact) mass is 293 g/mol. The highest BCUT2D eigenvalue weighted by atomic mass is 16.6. The van der Waals surface area contributed by atoms with Gasteiger partial charge in [-0.2, -0.15) is 0 Å². The van der Waals surface area contributed by atoms with Crippen molar-refractivity contribution in [3.63, 3.8) is 0 Å². The first-order valence-corrected chi connectivity index (χ1v) is 7.34. The van der Waals surface area contributed by atoms with Crippen LogP contribution in [-0.4, -0.2) is 35.6 Å². The van der Waals surface area contributed by atoms with Gasteiger partial charge in [0.15, 0.2) is 0 Å². The van der Waals surface area contributed by atoms with Gasteiger partial charge in [0.25, 0.3) is 5.69 Å². The van der Waals surface area contributed by atoms with Gasteiger partial charge in [0.2, 0.25) is 0 Å². The van der Waals surface area contributed by atoms with E-state index in [2.05, 4.69) is 4.90 Å². The highest BCUT2D eigenvalue weighted by Gasteiger charge is 2.26. The van der Waals surface area contributed by atoms with Crippen LogP contribution >= 0.6 is 0 Å². The Morgan fingerprint density at radius 3 is 2.90 bits per heavy atom. The summed E-state index contributed by atoms with van der Waals surface area (Å²) in [5.74, 6) is 0.689. The summed E-state index contributed by atoms with van der Waals surface area (Å²) >= 11 is 0. The molecule has 0 aliphatic carbocycles. The zero-order valence-corrected chi connectivity index (χ0v) is 12.6. The number of hydrogen-bond donors (Lipinski definition) is 1. The van der Waals surface area contributed by atoms with Crippen molar-refractivity contribution in [2.45, 2.75) is 44.8 Å². The van der Waals surface area contributed by atoms with Crippen molar-refractivity contribution in [1.82, 2.24) is 4.90 Å². The molecule has 2 unspecified atom stereocenters. The van der Waals surface area contributed by atoms with Gasteiger partial charge in [-0.1, -0.05) is 6.42 Å². The molecule has 0 aromatic heterocycles. The second-order valence-electron chi connectivity index (χ2n) is 5.65. The first-order chi connectivity index (χ1) is 10.0. The Morgan fingerprint density at radius 2 is 2.29 bits per heavy atom. The normalized spacial score (nSPS) is 21.0. The zero-order chi connectivity index (χ0) is 15.4. The Balaban J connectivity index is 2.23. The van der Waals surface area contributed by atoms with Gasteiger partial charge in [-0.3, -0.25) is 15.0 Å². The van der Waals surface area contributed by atoms with Gasteiger partial charge in [0.05, 0.1) is 12.0 Å². The Hall–Kier alpha value is -1.66. The van der Waals surface area contributed by atoms with E-state index in [9.17, 15) is 10.1 Å². The third-order valence-corrected chi connectivity index (χ3v) is 4.12. The van der Waals surface area contributed by atoms with Gasteiger partial charge in [-0.15, -0.1) is 0 Å². The Labute approximate surface area is 125 Å². The highest BCUT2D eigenvalue weighted by Crippen LogP contribution is 2.28.